The molecule has 0 spiro atoms. The molecule has 0 aliphatic heterocycles. The number of alkyl halides is 1. The van der Waals surface area contributed by atoms with Crippen LogP contribution in [0.25, 0.3) is 0 Å². The zero-order valence-corrected chi connectivity index (χ0v) is 20.2. The molecule has 0 aromatic rings. The van der Waals surface area contributed by atoms with Gasteiger partial charge in [0.05, 0.1) is 6.07 Å². The van der Waals surface area contributed by atoms with Gasteiger partial charge in [-0.2, -0.15) is 5.26 Å². The smallest absolute Gasteiger partial charge is 0.0627 e. The molecule has 0 aromatic heterocycles. The lowest BCUT2D eigenvalue weighted by Crippen LogP contribution is -2.63. The van der Waals surface area contributed by atoms with Crippen LogP contribution in [0, 0.1) is 57.7 Å². The van der Waals surface area contributed by atoms with Crippen LogP contribution in [0.4, 0.5) is 0 Å². The van der Waals surface area contributed by atoms with Gasteiger partial charge in [0.1, 0.15) is 0 Å². The second kappa shape index (κ2) is 7.66. The summed E-state index contributed by atoms with van der Waals surface area (Å²) in [6.07, 6.45) is 11.4. The Morgan fingerprint density at radius 3 is 2.41 bits per heavy atom. The van der Waals surface area contributed by atoms with Crippen LogP contribution in [0.1, 0.15) is 99.3 Å². The number of halogens is 1. The maximum absolute atomic E-state index is 9.69. The zero-order chi connectivity index (χ0) is 20.0. The molecular formula is C25H42BrN. The van der Waals surface area contributed by atoms with E-state index in [1.165, 1.54) is 51.4 Å². The first kappa shape index (κ1) is 21.7. The van der Waals surface area contributed by atoms with Crippen molar-refractivity contribution in [1.82, 2.24) is 0 Å². The van der Waals surface area contributed by atoms with Crippen molar-refractivity contribution >= 4 is 15.9 Å². The average Bonchev–Trinajstić information content (AvgIpc) is 2.62. The van der Waals surface area contributed by atoms with Crippen LogP contribution < -0.4 is 0 Å². The van der Waals surface area contributed by atoms with Crippen LogP contribution in [0.2, 0.25) is 0 Å². The summed E-state index contributed by atoms with van der Waals surface area (Å²) >= 11 is 4.44. The molecule has 3 saturated carbocycles. The summed E-state index contributed by atoms with van der Waals surface area (Å²) in [5.74, 6) is 4.61. The molecular weight excluding hydrogens is 394 g/mol. The van der Waals surface area contributed by atoms with Crippen LogP contribution in [0.3, 0.4) is 0 Å². The fourth-order valence-electron chi connectivity index (χ4n) is 8.38. The molecule has 0 heterocycles. The molecule has 0 radical (unpaired) electrons. The summed E-state index contributed by atoms with van der Waals surface area (Å²) in [7, 11) is 0. The van der Waals surface area contributed by atoms with Crippen LogP contribution in [0.15, 0.2) is 0 Å². The molecule has 3 fully saturated rings. The van der Waals surface area contributed by atoms with E-state index >= 15 is 0 Å². The minimum Gasteiger partial charge on any atom is -0.198 e. The number of rotatable bonds is 4. The molecule has 3 rings (SSSR count). The first-order valence-electron chi connectivity index (χ1n) is 11.8. The van der Waals surface area contributed by atoms with Crippen molar-refractivity contribution in [2.45, 2.75) is 104 Å². The summed E-state index contributed by atoms with van der Waals surface area (Å²) in [5, 5.41) is 9.69. The molecule has 1 nitrogen and oxygen atoms in total. The second-order valence-electron chi connectivity index (χ2n) is 11.0. The van der Waals surface area contributed by atoms with E-state index in [1.54, 1.807) is 0 Å². The van der Waals surface area contributed by atoms with Gasteiger partial charge < -0.3 is 0 Å². The van der Waals surface area contributed by atoms with Gasteiger partial charge in [0.15, 0.2) is 0 Å². The second-order valence-corrected chi connectivity index (χ2v) is 12.4. The Morgan fingerprint density at radius 2 is 1.85 bits per heavy atom. The molecule has 8 atom stereocenters. The molecule has 0 bridgehead atoms. The van der Waals surface area contributed by atoms with Gasteiger partial charge in [-0.1, -0.05) is 76.7 Å². The first-order valence-corrected chi connectivity index (χ1v) is 12.5. The van der Waals surface area contributed by atoms with E-state index in [2.05, 4.69) is 63.5 Å². The zero-order valence-electron chi connectivity index (χ0n) is 18.7. The topological polar surface area (TPSA) is 23.8 Å². The molecule has 2 heteroatoms. The van der Waals surface area contributed by atoms with E-state index in [0.29, 0.717) is 15.7 Å². The van der Waals surface area contributed by atoms with E-state index in [9.17, 15) is 5.26 Å². The minimum absolute atomic E-state index is 0.244. The number of nitrogens with zero attached hydrogens (tertiary/aromatic N) is 1. The van der Waals surface area contributed by atoms with Crippen molar-refractivity contribution < 1.29 is 0 Å². The first-order chi connectivity index (χ1) is 12.7. The van der Waals surface area contributed by atoms with Gasteiger partial charge in [-0.3, -0.25) is 0 Å². The SMILES string of the molecule is CCC1C2CC(CC)C3(Br)CC(C)CCC3(C)C2CCC1(CC#N)C(C)C. The Bertz CT molecular complexity index is 579. The number of hydrogen-bond donors (Lipinski definition) is 0. The molecule has 3 aliphatic rings. The molecule has 0 saturated heterocycles. The lowest BCUT2D eigenvalue weighted by molar-refractivity contribution is -0.140. The summed E-state index contributed by atoms with van der Waals surface area (Å²) < 4.78 is 0.332. The van der Waals surface area contributed by atoms with Crippen molar-refractivity contribution in [2.24, 2.45) is 46.3 Å². The van der Waals surface area contributed by atoms with E-state index in [1.807, 2.05) is 0 Å². The van der Waals surface area contributed by atoms with Crippen molar-refractivity contribution in [1.29, 1.82) is 5.26 Å². The van der Waals surface area contributed by atoms with Gasteiger partial charge >= 0.3 is 0 Å². The molecule has 8 unspecified atom stereocenters. The van der Waals surface area contributed by atoms with Crippen molar-refractivity contribution in [3.63, 3.8) is 0 Å². The largest absolute Gasteiger partial charge is 0.198 e. The van der Waals surface area contributed by atoms with E-state index < -0.39 is 0 Å². The average molecular weight is 437 g/mol. The summed E-state index contributed by atoms with van der Waals surface area (Å²) in [5.41, 5.74) is 0.667. The van der Waals surface area contributed by atoms with Gasteiger partial charge in [0.2, 0.25) is 0 Å². The Balaban J connectivity index is 2.04. The maximum atomic E-state index is 9.69. The van der Waals surface area contributed by atoms with E-state index in [0.717, 1.165) is 36.0 Å². The Hall–Kier alpha value is -0.0300. The van der Waals surface area contributed by atoms with Crippen LogP contribution in [0.5, 0.6) is 0 Å². The molecule has 0 amide bonds. The highest BCUT2D eigenvalue weighted by Gasteiger charge is 2.65. The third-order valence-corrected chi connectivity index (χ3v) is 11.8. The Morgan fingerprint density at radius 1 is 1.15 bits per heavy atom. The van der Waals surface area contributed by atoms with Crippen molar-refractivity contribution in [2.75, 3.05) is 0 Å². The van der Waals surface area contributed by atoms with Crippen LogP contribution >= 0.6 is 15.9 Å². The molecule has 154 valence electrons. The van der Waals surface area contributed by atoms with Gasteiger partial charge in [-0.05, 0) is 78.4 Å². The minimum atomic E-state index is 0.244. The number of hydrogen-bond acceptors (Lipinski definition) is 1. The maximum Gasteiger partial charge on any atom is 0.0627 e. The molecule has 27 heavy (non-hydrogen) atoms. The number of nitriles is 1. The van der Waals surface area contributed by atoms with Gasteiger partial charge in [0.25, 0.3) is 0 Å². The van der Waals surface area contributed by atoms with Gasteiger partial charge in [-0.15, -0.1) is 0 Å². The molecule has 0 N–H and O–H groups in total. The third kappa shape index (κ3) is 3.05. The highest BCUT2D eigenvalue weighted by Crippen LogP contribution is 2.71. The quantitative estimate of drug-likeness (QED) is 0.410. The van der Waals surface area contributed by atoms with E-state index in [-0.39, 0.29) is 5.41 Å². The normalized spacial score (nSPS) is 50.0. The predicted octanol–water partition coefficient (Wildman–Crippen LogP) is 7.98. The lowest BCUT2D eigenvalue weighted by atomic mass is 9.40. The summed E-state index contributed by atoms with van der Waals surface area (Å²) in [6.45, 7) is 14.7. The van der Waals surface area contributed by atoms with E-state index in [4.69, 9.17) is 0 Å². The Kier molecular flexibility index (Phi) is 6.15. The summed E-state index contributed by atoms with van der Waals surface area (Å²) in [6, 6.07) is 2.61. The standard InChI is InChI=1S/C25H42BrN/c1-7-19-15-20-21(8-2)24(13-14-27,17(3)4)12-10-22(20)23(6)11-9-18(5)16-25(19,23)26/h17-22H,7-13,15-16H2,1-6H3. The monoisotopic (exact) mass is 435 g/mol. The van der Waals surface area contributed by atoms with Gasteiger partial charge in [0, 0.05) is 10.7 Å². The highest BCUT2D eigenvalue weighted by atomic mass is 79.9. The fourth-order valence-corrected chi connectivity index (χ4v) is 9.93. The molecule has 3 aliphatic carbocycles. The Labute approximate surface area is 177 Å². The third-order valence-electron chi connectivity index (χ3n) is 9.96. The number of fused-ring (bicyclic) bond motifs is 3. The molecule has 0 aromatic carbocycles. The van der Waals surface area contributed by atoms with Crippen molar-refractivity contribution in [3.8, 4) is 6.07 Å². The predicted molar refractivity (Wildman–Crippen MR) is 119 cm³/mol. The van der Waals surface area contributed by atoms with Crippen LogP contribution in [-0.4, -0.2) is 4.32 Å². The highest BCUT2D eigenvalue weighted by molar-refractivity contribution is 9.10. The fraction of sp³-hybridized carbons (Fsp3) is 0.960. The lowest BCUT2D eigenvalue weighted by Gasteiger charge is -2.68. The van der Waals surface area contributed by atoms with Crippen LogP contribution in [-0.2, 0) is 0 Å². The van der Waals surface area contributed by atoms with Gasteiger partial charge in [-0.25, -0.2) is 0 Å². The summed E-state index contributed by atoms with van der Waals surface area (Å²) in [4.78, 5) is 0. The van der Waals surface area contributed by atoms with Crippen molar-refractivity contribution in [3.05, 3.63) is 0 Å².